The fourth-order valence-corrected chi connectivity index (χ4v) is 3.18. The first-order chi connectivity index (χ1) is 9.75. The van der Waals surface area contributed by atoms with Crippen LogP contribution in [-0.2, 0) is 11.2 Å². The lowest BCUT2D eigenvalue weighted by molar-refractivity contribution is -0.0680. The second-order valence-corrected chi connectivity index (χ2v) is 5.76. The third-order valence-electron chi connectivity index (χ3n) is 4.39. The summed E-state index contributed by atoms with van der Waals surface area (Å²) in [6.45, 7) is 1.53. The molecule has 0 saturated carbocycles. The van der Waals surface area contributed by atoms with Crippen molar-refractivity contribution < 1.29 is 14.6 Å². The predicted octanol–water partition coefficient (Wildman–Crippen LogP) is 1.92. The molecule has 3 rings (SSSR count). The fraction of sp³-hybridized carbons (Fsp3) is 0.562. The van der Waals surface area contributed by atoms with Crippen molar-refractivity contribution in [3.05, 3.63) is 29.8 Å². The quantitative estimate of drug-likeness (QED) is 0.894. The first-order valence-electron chi connectivity index (χ1n) is 7.13. The highest BCUT2D eigenvalue weighted by Crippen LogP contribution is 2.40. The van der Waals surface area contributed by atoms with Crippen molar-refractivity contribution in [2.45, 2.75) is 25.4 Å². The monoisotopic (exact) mass is 273 g/mol. The van der Waals surface area contributed by atoms with Crippen molar-refractivity contribution in [1.29, 1.82) is 5.26 Å². The van der Waals surface area contributed by atoms with Crippen molar-refractivity contribution in [2.75, 3.05) is 19.8 Å². The molecule has 0 spiro atoms. The van der Waals surface area contributed by atoms with Crippen molar-refractivity contribution in [3.8, 4) is 11.8 Å². The fourth-order valence-electron chi connectivity index (χ4n) is 3.18. The van der Waals surface area contributed by atoms with Gasteiger partial charge in [-0.1, -0.05) is 18.2 Å². The SMILES string of the molecule is N#CC1(C(O)C2CCCOC2)COc2ccccc2C1. The maximum atomic E-state index is 10.7. The van der Waals surface area contributed by atoms with Crippen LogP contribution in [0.3, 0.4) is 0 Å². The molecule has 3 atom stereocenters. The van der Waals surface area contributed by atoms with Gasteiger partial charge in [0.2, 0.25) is 0 Å². The number of benzene rings is 1. The van der Waals surface area contributed by atoms with E-state index in [1.165, 1.54) is 0 Å². The van der Waals surface area contributed by atoms with Crippen molar-refractivity contribution in [3.63, 3.8) is 0 Å². The van der Waals surface area contributed by atoms with Gasteiger partial charge in [0, 0.05) is 18.9 Å². The van der Waals surface area contributed by atoms with Gasteiger partial charge >= 0.3 is 0 Å². The van der Waals surface area contributed by atoms with Gasteiger partial charge in [0.05, 0.1) is 18.8 Å². The molecule has 106 valence electrons. The summed E-state index contributed by atoms with van der Waals surface area (Å²) in [5, 5.41) is 20.3. The summed E-state index contributed by atoms with van der Waals surface area (Å²) in [4.78, 5) is 0. The Bertz CT molecular complexity index is 519. The lowest BCUT2D eigenvalue weighted by Gasteiger charge is -2.40. The zero-order valence-electron chi connectivity index (χ0n) is 11.4. The van der Waals surface area contributed by atoms with Gasteiger partial charge in [-0.15, -0.1) is 0 Å². The standard InChI is InChI=1S/C16H19NO3/c17-10-16(15(18)13-5-3-7-19-9-13)8-12-4-1-2-6-14(12)20-11-16/h1-2,4,6,13,15,18H,3,5,7-9,11H2. The molecule has 1 fully saturated rings. The zero-order chi connectivity index (χ0) is 14.0. The minimum absolute atomic E-state index is 0.0252. The Morgan fingerprint density at radius 1 is 1.40 bits per heavy atom. The lowest BCUT2D eigenvalue weighted by Crippen LogP contribution is -2.49. The highest BCUT2D eigenvalue weighted by atomic mass is 16.5. The predicted molar refractivity (Wildman–Crippen MR) is 73.2 cm³/mol. The summed E-state index contributed by atoms with van der Waals surface area (Å²) >= 11 is 0. The van der Waals surface area contributed by atoms with Crippen molar-refractivity contribution in [1.82, 2.24) is 0 Å². The smallest absolute Gasteiger partial charge is 0.122 e. The Balaban J connectivity index is 1.84. The summed E-state index contributed by atoms with van der Waals surface area (Å²) in [6.07, 6.45) is 1.69. The van der Waals surface area contributed by atoms with Crippen LogP contribution in [0.25, 0.3) is 0 Å². The van der Waals surface area contributed by atoms with Gasteiger partial charge in [-0.25, -0.2) is 0 Å². The van der Waals surface area contributed by atoms with Crippen LogP contribution in [0.4, 0.5) is 0 Å². The summed E-state index contributed by atoms with van der Waals surface area (Å²) in [5.41, 5.74) is 0.135. The van der Waals surface area contributed by atoms with Gasteiger partial charge in [0.1, 0.15) is 17.8 Å². The molecule has 4 heteroatoms. The van der Waals surface area contributed by atoms with Crippen LogP contribution in [0, 0.1) is 22.7 Å². The Morgan fingerprint density at radius 2 is 2.25 bits per heavy atom. The Labute approximate surface area is 118 Å². The summed E-state index contributed by atoms with van der Waals surface area (Å²) in [7, 11) is 0. The molecule has 3 unspecified atom stereocenters. The Hall–Kier alpha value is -1.57. The molecule has 0 radical (unpaired) electrons. The average Bonchev–Trinajstić information content (AvgIpc) is 2.54. The molecule has 0 aliphatic carbocycles. The molecule has 1 N–H and O–H groups in total. The van der Waals surface area contributed by atoms with Gasteiger partial charge in [-0.05, 0) is 24.5 Å². The molecule has 20 heavy (non-hydrogen) atoms. The van der Waals surface area contributed by atoms with Crippen LogP contribution in [0.1, 0.15) is 18.4 Å². The van der Waals surface area contributed by atoms with Gasteiger partial charge in [-0.3, -0.25) is 0 Å². The molecule has 1 aromatic carbocycles. The van der Waals surface area contributed by atoms with E-state index in [9.17, 15) is 10.4 Å². The number of aliphatic hydroxyl groups is 1. The number of rotatable bonds is 2. The minimum atomic E-state index is -0.861. The summed E-state index contributed by atoms with van der Waals surface area (Å²) < 4.78 is 11.2. The van der Waals surface area contributed by atoms with Crippen molar-refractivity contribution in [2.24, 2.45) is 11.3 Å². The first-order valence-corrected chi connectivity index (χ1v) is 7.13. The Kier molecular flexibility index (Phi) is 3.64. The minimum Gasteiger partial charge on any atom is -0.492 e. The van der Waals surface area contributed by atoms with E-state index in [1.54, 1.807) is 0 Å². The number of hydrogen-bond acceptors (Lipinski definition) is 4. The number of hydrogen-bond donors (Lipinski definition) is 1. The molecule has 2 aliphatic heterocycles. The van der Waals surface area contributed by atoms with E-state index in [2.05, 4.69) is 6.07 Å². The van der Waals surface area contributed by atoms with E-state index in [0.29, 0.717) is 13.0 Å². The van der Waals surface area contributed by atoms with Crippen LogP contribution in [0.2, 0.25) is 0 Å². The molecule has 2 aliphatic rings. The average molecular weight is 273 g/mol. The second kappa shape index (κ2) is 5.43. The number of nitrogens with zero attached hydrogens (tertiary/aromatic N) is 1. The number of fused-ring (bicyclic) bond motifs is 1. The van der Waals surface area contributed by atoms with Gasteiger partial charge in [0.25, 0.3) is 0 Å². The molecule has 0 aromatic heterocycles. The van der Waals surface area contributed by atoms with E-state index < -0.39 is 11.5 Å². The van der Waals surface area contributed by atoms with Crippen LogP contribution >= 0.6 is 0 Å². The van der Waals surface area contributed by atoms with E-state index in [-0.39, 0.29) is 12.5 Å². The van der Waals surface area contributed by atoms with Crippen LogP contribution < -0.4 is 4.74 Å². The van der Waals surface area contributed by atoms with Gasteiger partial charge in [0.15, 0.2) is 0 Å². The third-order valence-corrected chi connectivity index (χ3v) is 4.39. The molecule has 1 saturated heterocycles. The van der Waals surface area contributed by atoms with Gasteiger partial charge < -0.3 is 14.6 Å². The van der Waals surface area contributed by atoms with E-state index in [4.69, 9.17) is 9.47 Å². The van der Waals surface area contributed by atoms with Crippen LogP contribution in [0.15, 0.2) is 24.3 Å². The molecule has 0 bridgehead atoms. The number of aliphatic hydroxyl groups excluding tert-OH is 1. The summed E-state index contributed by atoms with van der Waals surface area (Å²) in [5.74, 6) is 0.850. The van der Waals surface area contributed by atoms with Gasteiger partial charge in [-0.2, -0.15) is 5.26 Å². The summed E-state index contributed by atoms with van der Waals surface area (Å²) in [6, 6.07) is 10.1. The molecule has 1 aromatic rings. The zero-order valence-corrected chi connectivity index (χ0v) is 11.4. The highest BCUT2D eigenvalue weighted by molar-refractivity contribution is 5.38. The van der Waals surface area contributed by atoms with Crippen molar-refractivity contribution >= 4 is 0 Å². The van der Waals surface area contributed by atoms with Crippen LogP contribution in [-0.4, -0.2) is 31.0 Å². The third kappa shape index (κ3) is 2.28. The molecule has 4 nitrogen and oxygen atoms in total. The first kappa shape index (κ1) is 13.4. The number of nitriles is 1. The maximum absolute atomic E-state index is 10.7. The van der Waals surface area contributed by atoms with E-state index in [0.717, 1.165) is 30.8 Å². The lowest BCUT2D eigenvalue weighted by atomic mass is 9.71. The molecule has 0 amide bonds. The largest absolute Gasteiger partial charge is 0.492 e. The van der Waals surface area contributed by atoms with E-state index in [1.807, 2.05) is 24.3 Å². The Morgan fingerprint density at radius 3 is 3.00 bits per heavy atom. The van der Waals surface area contributed by atoms with Crippen LogP contribution in [0.5, 0.6) is 5.75 Å². The maximum Gasteiger partial charge on any atom is 0.122 e. The number of para-hydroxylation sites is 1. The normalized spacial score (nSPS) is 30.7. The number of ether oxygens (including phenoxy) is 2. The van der Waals surface area contributed by atoms with E-state index >= 15 is 0 Å². The highest BCUT2D eigenvalue weighted by Gasteiger charge is 2.46. The topological polar surface area (TPSA) is 62.5 Å². The molecular weight excluding hydrogens is 254 g/mol. The second-order valence-electron chi connectivity index (χ2n) is 5.76. The molecular formula is C16H19NO3. The molecule has 2 heterocycles.